The summed E-state index contributed by atoms with van der Waals surface area (Å²) >= 11 is 0. The van der Waals surface area contributed by atoms with Crippen molar-refractivity contribution >= 4 is 41.4 Å². The van der Waals surface area contributed by atoms with Gasteiger partial charge in [-0.3, -0.25) is 33.6 Å². The number of hydrogen-bond donors (Lipinski definition) is 6. The Morgan fingerprint density at radius 2 is 1.41 bits per heavy atom. The SMILES string of the molecule is CNC(=O)[C@H](CCN(C(=O)CO)[C@@H](c1cc(-c2cc(F)ccc2F)cn1Cc1ccccc1)C(C)(C)C)NC(=O)[C@H](CC(N)=O)NC(=O)[C@H](C)N(C)C(=O)[C@H](C)NC(=O)Cc1ccccc1. The lowest BCUT2D eigenvalue weighted by atomic mass is 9.82. The van der Waals surface area contributed by atoms with Crippen LogP contribution < -0.4 is 27.0 Å². The highest BCUT2D eigenvalue weighted by atomic mass is 19.1. The zero-order valence-corrected chi connectivity index (χ0v) is 38.3. The fourth-order valence-corrected chi connectivity index (χ4v) is 7.59. The third-order valence-electron chi connectivity index (χ3n) is 11.1. The molecule has 3 aromatic carbocycles. The summed E-state index contributed by atoms with van der Waals surface area (Å²) < 4.78 is 31.5. The standard InChI is InChI=1S/C48H60F2N8O8/c1-29(53-41(61)22-31-14-10-8-11-15-31)47(66)56(7)30(2)44(63)55-38(25-40(51)60)46(65)54-37(45(64)52-6)20-21-58(42(62)28-59)43(48(3,4)5)39-23-33(35-24-34(49)18-19-36(35)50)27-57(39)26-32-16-12-9-13-17-32/h8-19,23-24,27,29-30,37-38,43,59H,20-22,25-26,28H2,1-7H3,(H2,51,60)(H,52,64)(H,53,61)(H,54,65)(H,55,63)/t29-,30-,37-,38-,43-/m0/s1. The Balaban J connectivity index is 1.58. The maximum absolute atomic E-state index is 15.2. The van der Waals surface area contributed by atoms with Crippen LogP contribution in [0.4, 0.5) is 8.78 Å². The lowest BCUT2D eigenvalue weighted by Crippen LogP contribution is -2.58. The Morgan fingerprint density at radius 3 is 1.98 bits per heavy atom. The van der Waals surface area contributed by atoms with Gasteiger partial charge in [0.15, 0.2) is 0 Å². The minimum atomic E-state index is -1.61. The average molecular weight is 915 g/mol. The molecule has 5 atom stereocenters. The molecule has 7 N–H and O–H groups in total. The van der Waals surface area contributed by atoms with Gasteiger partial charge in [-0.1, -0.05) is 81.4 Å². The molecule has 0 aliphatic heterocycles. The van der Waals surface area contributed by atoms with Crippen molar-refractivity contribution in [2.75, 3.05) is 27.2 Å². The second-order valence-corrected chi connectivity index (χ2v) is 17.2. The van der Waals surface area contributed by atoms with Gasteiger partial charge in [-0.15, -0.1) is 0 Å². The predicted octanol–water partition coefficient (Wildman–Crippen LogP) is 2.97. The molecule has 0 unspecified atom stereocenters. The van der Waals surface area contributed by atoms with Gasteiger partial charge in [0.05, 0.1) is 18.9 Å². The van der Waals surface area contributed by atoms with Gasteiger partial charge >= 0.3 is 0 Å². The van der Waals surface area contributed by atoms with Gasteiger partial charge in [0, 0.05) is 50.2 Å². The van der Waals surface area contributed by atoms with Gasteiger partial charge in [0.2, 0.25) is 41.4 Å². The van der Waals surface area contributed by atoms with E-state index < -0.39 is 102 Å². The van der Waals surface area contributed by atoms with Crippen molar-refractivity contribution in [3.8, 4) is 11.1 Å². The number of carbonyl (C=O) groups is 7. The van der Waals surface area contributed by atoms with Crippen LogP contribution in [0.1, 0.15) is 70.3 Å². The van der Waals surface area contributed by atoms with E-state index in [2.05, 4.69) is 21.3 Å². The van der Waals surface area contributed by atoms with E-state index in [1.165, 1.54) is 32.8 Å². The molecule has 1 heterocycles. The van der Waals surface area contributed by atoms with Crippen molar-refractivity contribution in [2.45, 2.75) is 90.6 Å². The second kappa shape index (κ2) is 23.3. The Hall–Kier alpha value is -6.95. The van der Waals surface area contributed by atoms with Gasteiger partial charge in [-0.25, -0.2) is 8.78 Å². The molecule has 0 aliphatic carbocycles. The van der Waals surface area contributed by atoms with E-state index >= 15 is 4.39 Å². The maximum Gasteiger partial charge on any atom is 0.248 e. The van der Waals surface area contributed by atoms with Crippen molar-refractivity contribution in [2.24, 2.45) is 11.1 Å². The topological polar surface area (TPSA) is 225 Å². The van der Waals surface area contributed by atoms with E-state index in [1.54, 1.807) is 42.6 Å². The summed E-state index contributed by atoms with van der Waals surface area (Å²) in [5.74, 6) is -6.60. The van der Waals surface area contributed by atoms with Gasteiger partial charge in [0.25, 0.3) is 0 Å². The van der Waals surface area contributed by atoms with E-state index in [1.807, 2.05) is 55.7 Å². The molecule has 7 amide bonds. The molecule has 0 saturated carbocycles. The highest BCUT2D eigenvalue weighted by Gasteiger charge is 2.39. The number of rotatable bonds is 21. The molecule has 0 radical (unpaired) electrons. The number of nitrogens with two attached hydrogens (primary N) is 1. The van der Waals surface area contributed by atoms with Crippen LogP contribution in [0.25, 0.3) is 11.1 Å². The number of likely N-dealkylation sites (N-methyl/N-ethyl adjacent to an activating group) is 2. The van der Waals surface area contributed by atoms with Crippen molar-refractivity contribution in [3.05, 3.63) is 120 Å². The highest BCUT2D eigenvalue weighted by molar-refractivity contribution is 5.97. The number of nitrogens with zero attached hydrogens (tertiary/aromatic N) is 3. The largest absolute Gasteiger partial charge is 0.387 e. The Bertz CT molecular complexity index is 2350. The quantitative estimate of drug-likeness (QED) is 0.0728. The van der Waals surface area contributed by atoms with Crippen molar-refractivity contribution < 1.29 is 47.4 Å². The summed E-state index contributed by atoms with van der Waals surface area (Å²) in [6.07, 6.45) is 0.743. The molecule has 0 saturated heterocycles. The van der Waals surface area contributed by atoms with Crippen LogP contribution in [0.3, 0.4) is 0 Å². The van der Waals surface area contributed by atoms with E-state index in [9.17, 15) is 43.1 Å². The second-order valence-electron chi connectivity index (χ2n) is 17.2. The lowest BCUT2D eigenvalue weighted by molar-refractivity contribution is -0.142. The van der Waals surface area contributed by atoms with E-state index in [0.29, 0.717) is 11.3 Å². The van der Waals surface area contributed by atoms with E-state index in [0.717, 1.165) is 34.2 Å². The first-order valence-corrected chi connectivity index (χ1v) is 21.4. The zero-order valence-electron chi connectivity index (χ0n) is 38.3. The molecule has 0 spiro atoms. The molecule has 354 valence electrons. The number of primary amides is 1. The Morgan fingerprint density at radius 1 is 0.803 bits per heavy atom. The van der Waals surface area contributed by atoms with Crippen molar-refractivity contribution in [1.82, 2.24) is 35.6 Å². The number of halogens is 2. The molecular formula is C48H60F2N8O8. The fourth-order valence-electron chi connectivity index (χ4n) is 7.59. The normalized spacial score (nSPS) is 13.5. The Kier molecular flexibility index (Phi) is 18.2. The number of aliphatic hydroxyl groups is 1. The molecule has 4 rings (SSSR count). The summed E-state index contributed by atoms with van der Waals surface area (Å²) in [6.45, 7) is 7.47. The highest BCUT2D eigenvalue weighted by Crippen LogP contribution is 2.41. The van der Waals surface area contributed by atoms with E-state index in [-0.39, 0.29) is 31.5 Å². The van der Waals surface area contributed by atoms with Crippen molar-refractivity contribution in [1.29, 1.82) is 0 Å². The molecule has 18 heteroatoms. The number of carbonyl (C=O) groups excluding carboxylic acids is 7. The third kappa shape index (κ3) is 14.0. The third-order valence-corrected chi connectivity index (χ3v) is 11.1. The zero-order chi connectivity index (χ0) is 48.9. The van der Waals surface area contributed by atoms with Crippen LogP contribution >= 0.6 is 0 Å². The first-order chi connectivity index (χ1) is 31.1. The van der Waals surface area contributed by atoms with Gasteiger partial charge < -0.3 is 46.5 Å². The number of aliphatic hydroxyl groups excluding tert-OH is 1. The van der Waals surface area contributed by atoms with Crippen LogP contribution in [-0.4, -0.2) is 112 Å². The summed E-state index contributed by atoms with van der Waals surface area (Å²) in [7, 11) is 2.66. The number of hydrogen-bond acceptors (Lipinski definition) is 8. The lowest BCUT2D eigenvalue weighted by Gasteiger charge is -2.41. The van der Waals surface area contributed by atoms with Gasteiger partial charge in [-0.2, -0.15) is 0 Å². The maximum atomic E-state index is 15.2. The number of benzene rings is 3. The fraction of sp³-hybridized carbons (Fsp3) is 0.396. The first kappa shape index (κ1) is 51.7. The van der Waals surface area contributed by atoms with Crippen LogP contribution in [0.5, 0.6) is 0 Å². The van der Waals surface area contributed by atoms with Crippen LogP contribution in [0, 0.1) is 17.0 Å². The summed E-state index contributed by atoms with van der Waals surface area (Å²) in [5.41, 5.74) is 7.09. The average Bonchev–Trinajstić information content (AvgIpc) is 3.68. The first-order valence-electron chi connectivity index (χ1n) is 21.4. The molecule has 0 bridgehead atoms. The summed E-state index contributed by atoms with van der Waals surface area (Å²) in [5, 5.41) is 20.4. The monoisotopic (exact) mass is 914 g/mol. The Labute approximate surface area is 383 Å². The number of nitrogens with one attached hydrogen (secondary N) is 4. The molecule has 1 aromatic heterocycles. The molecule has 0 fully saturated rings. The minimum absolute atomic E-state index is 0.0130. The molecule has 0 aliphatic rings. The van der Waals surface area contributed by atoms with Crippen LogP contribution in [0.2, 0.25) is 0 Å². The minimum Gasteiger partial charge on any atom is -0.387 e. The van der Waals surface area contributed by atoms with Gasteiger partial charge in [-0.05, 0) is 61.1 Å². The van der Waals surface area contributed by atoms with Gasteiger partial charge in [0.1, 0.15) is 42.4 Å². The smallest absolute Gasteiger partial charge is 0.248 e. The summed E-state index contributed by atoms with van der Waals surface area (Å²) in [4.78, 5) is 95.1. The predicted molar refractivity (Wildman–Crippen MR) is 243 cm³/mol. The molecule has 66 heavy (non-hydrogen) atoms. The van der Waals surface area contributed by atoms with Crippen molar-refractivity contribution in [3.63, 3.8) is 0 Å². The molecule has 4 aromatic rings. The molecular weight excluding hydrogens is 855 g/mol. The van der Waals surface area contributed by atoms with E-state index in [4.69, 9.17) is 5.73 Å². The summed E-state index contributed by atoms with van der Waals surface area (Å²) in [6, 6.07) is 16.9. The van der Waals surface area contributed by atoms with Crippen LogP contribution in [0.15, 0.2) is 91.1 Å². The number of aromatic nitrogens is 1. The molecule has 16 nitrogen and oxygen atoms in total. The van der Waals surface area contributed by atoms with Crippen LogP contribution in [-0.2, 0) is 46.5 Å². The number of amides is 7.